The summed E-state index contributed by atoms with van der Waals surface area (Å²) in [6.45, 7) is 4.57. The standard InChI is InChI=1S/C18H24N2O/c1-14-9-15(11-19)7-8-17(14)13-20(2)12-16-5-4-6-18(10-16)21-3/h4-10H,11-13,19H2,1-3H3. The van der Waals surface area contributed by atoms with Gasteiger partial charge < -0.3 is 10.5 Å². The lowest BCUT2D eigenvalue weighted by molar-refractivity contribution is 0.317. The summed E-state index contributed by atoms with van der Waals surface area (Å²) < 4.78 is 5.27. The molecule has 0 unspecified atom stereocenters. The van der Waals surface area contributed by atoms with Gasteiger partial charge in [0.2, 0.25) is 0 Å². The number of nitrogens with zero attached hydrogens (tertiary/aromatic N) is 1. The van der Waals surface area contributed by atoms with E-state index in [1.807, 2.05) is 12.1 Å². The summed E-state index contributed by atoms with van der Waals surface area (Å²) in [4.78, 5) is 2.30. The van der Waals surface area contributed by atoms with Crippen LogP contribution in [0.3, 0.4) is 0 Å². The third-order valence-electron chi connectivity index (χ3n) is 3.67. The van der Waals surface area contributed by atoms with Crippen LogP contribution in [0.1, 0.15) is 22.3 Å². The summed E-state index contributed by atoms with van der Waals surface area (Å²) in [6.07, 6.45) is 0. The molecule has 0 amide bonds. The summed E-state index contributed by atoms with van der Waals surface area (Å²) in [5.74, 6) is 0.907. The van der Waals surface area contributed by atoms with E-state index >= 15 is 0 Å². The zero-order chi connectivity index (χ0) is 15.2. The summed E-state index contributed by atoms with van der Waals surface area (Å²) in [6, 6.07) is 14.7. The fourth-order valence-corrected chi connectivity index (χ4v) is 2.49. The molecule has 0 aromatic heterocycles. The first kappa shape index (κ1) is 15.5. The van der Waals surface area contributed by atoms with Gasteiger partial charge in [0, 0.05) is 19.6 Å². The smallest absolute Gasteiger partial charge is 0.119 e. The van der Waals surface area contributed by atoms with Gasteiger partial charge in [0.05, 0.1) is 7.11 Å². The molecule has 112 valence electrons. The Labute approximate surface area is 127 Å². The van der Waals surface area contributed by atoms with Crippen molar-refractivity contribution in [3.8, 4) is 5.75 Å². The van der Waals surface area contributed by atoms with Crippen LogP contribution in [0, 0.1) is 6.92 Å². The molecule has 0 aliphatic carbocycles. The van der Waals surface area contributed by atoms with E-state index in [1.54, 1.807) is 7.11 Å². The number of hydrogen-bond donors (Lipinski definition) is 1. The average Bonchev–Trinajstić information content (AvgIpc) is 2.49. The van der Waals surface area contributed by atoms with Gasteiger partial charge in [-0.3, -0.25) is 4.90 Å². The molecule has 0 atom stereocenters. The van der Waals surface area contributed by atoms with Crippen molar-refractivity contribution in [1.29, 1.82) is 0 Å². The van der Waals surface area contributed by atoms with Gasteiger partial charge >= 0.3 is 0 Å². The van der Waals surface area contributed by atoms with Crippen molar-refractivity contribution < 1.29 is 4.74 Å². The molecule has 2 aromatic carbocycles. The fraction of sp³-hybridized carbons (Fsp3) is 0.333. The lowest BCUT2D eigenvalue weighted by atomic mass is 10.0. The Bertz CT molecular complexity index is 596. The number of rotatable bonds is 6. The Morgan fingerprint density at radius 2 is 1.86 bits per heavy atom. The first-order valence-corrected chi connectivity index (χ1v) is 7.22. The highest BCUT2D eigenvalue weighted by Crippen LogP contribution is 2.17. The van der Waals surface area contributed by atoms with Gasteiger partial charge in [-0.2, -0.15) is 0 Å². The molecule has 21 heavy (non-hydrogen) atoms. The van der Waals surface area contributed by atoms with Crippen molar-refractivity contribution in [1.82, 2.24) is 4.90 Å². The number of benzene rings is 2. The molecule has 0 saturated heterocycles. The molecule has 0 aliphatic heterocycles. The molecule has 0 radical (unpaired) electrons. The summed E-state index contributed by atoms with van der Waals surface area (Å²) in [5.41, 5.74) is 10.8. The molecule has 2 aromatic rings. The molecule has 3 nitrogen and oxygen atoms in total. The van der Waals surface area contributed by atoms with Crippen molar-refractivity contribution in [2.24, 2.45) is 5.73 Å². The van der Waals surface area contributed by atoms with Crippen molar-refractivity contribution in [3.63, 3.8) is 0 Å². The largest absolute Gasteiger partial charge is 0.497 e. The van der Waals surface area contributed by atoms with Gasteiger partial charge in [0.25, 0.3) is 0 Å². The van der Waals surface area contributed by atoms with Crippen molar-refractivity contribution in [2.45, 2.75) is 26.6 Å². The van der Waals surface area contributed by atoms with Gasteiger partial charge in [-0.05, 0) is 48.4 Å². The van der Waals surface area contributed by atoms with E-state index in [9.17, 15) is 0 Å². The van der Waals surface area contributed by atoms with Crippen molar-refractivity contribution in [2.75, 3.05) is 14.2 Å². The van der Waals surface area contributed by atoms with Crippen LogP contribution in [0.15, 0.2) is 42.5 Å². The molecular weight excluding hydrogens is 260 g/mol. The van der Waals surface area contributed by atoms with Crippen LogP contribution < -0.4 is 10.5 Å². The van der Waals surface area contributed by atoms with E-state index in [1.165, 1.54) is 22.3 Å². The third kappa shape index (κ3) is 4.31. The Hall–Kier alpha value is -1.84. The molecule has 0 saturated carbocycles. The second kappa shape index (κ2) is 7.25. The maximum Gasteiger partial charge on any atom is 0.119 e. The molecule has 2 rings (SSSR count). The maximum atomic E-state index is 5.68. The van der Waals surface area contributed by atoms with Crippen LogP contribution >= 0.6 is 0 Å². The molecule has 0 heterocycles. The predicted octanol–water partition coefficient (Wildman–Crippen LogP) is 3.09. The molecule has 0 fully saturated rings. The monoisotopic (exact) mass is 284 g/mol. The van der Waals surface area contributed by atoms with Gasteiger partial charge in [0.1, 0.15) is 5.75 Å². The molecule has 0 bridgehead atoms. The first-order valence-electron chi connectivity index (χ1n) is 7.22. The van der Waals surface area contributed by atoms with Gasteiger partial charge in [-0.25, -0.2) is 0 Å². The number of ether oxygens (including phenoxy) is 1. The second-order valence-electron chi connectivity index (χ2n) is 5.49. The number of hydrogen-bond acceptors (Lipinski definition) is 3. The highest BCUT2D eigenvalue weighted by atomic mass is 16.5. The molecule has 3 heteroatoms. The van der Waals surface area contributed by atoms with E-state index < -0.39 is 0 Å². The molecule has 0 spiro atoms. The maximum absolute atomic E-state index is 5.68. The van der Waals surface area contributed by atoms with Crippen LogP contribution in [0.25, 0.3) is 0 Å². The minimum absolute atomic E-state index is 0.598. The van der Waals surface area contributed by atoms with E-state index in [4.69, 9.17) is 10.5 Å². The minimum Gasteiger partial charge on any atom is -0.497 e. The number of nitrogens with two attached hydrogens (primary N) is 1. The van der Waals surface area contributed by atoms with Crippen LogP contribution in [-0.2, 0) is 19.6 Å². The Morgan fingerprint density at radius 1 is 1.05 bits per heavy atom. The van der Waals surface area contributed by atoms with Crippen LogP contribution in [0.4, 0.5) is 0 Å². The van der Waals surface area contributed by atoms with Gasteiger partial charge in [0.15, 0.2) is 0 Å². The summed E-state index contributed by atoms with van der Waals surface area (Å²) in [5, 5.41) is 0. The zero-order valence-corrected chi connectivity index (χ0v) is 13.1. The summed E-state index contributed by atoms with van der Waals surface area (Å²) >= 11 is 0. The first-order chi connectivity index (χ1) is 10.1. The van der Waals surface area contributed by atoms with E-state index in [0.29, 0.717) is 6.54 Å². The normalized spacial score (nSPS) is 10.9. The SMILES string of the molecule is COc1cccc(CN(C)Cc2ccc(CN)cc2C)c1. The van der Waals surface area contributed by atoms with E-state index in [-0.39, 0.29) is 0 Å². The van der Waals surface area contributed by atoms with Gasteiger partial charge in [-0.15, -0.1) is 0 Å². The highest BCUT2D eigenvalue weighted by molar-refractivity contribution is 5.31. The quantitative estimate of drug-likeness (QED) is 0.886. The average molecular weight is 284 g/mol. The van der Waals surface area contributed by atoms with Gasteiger partial charge in [-0.1, -0.05) is 30.3 Å². The Balaban J connectivity index is 2.02. The molecule has 2 N–H and O–H groups in total. The number of methoxy groups -OCH3 is 1. The Morgan fingerprint density at radius 3 is 2.52 bits per heavy atom. The molecule has 0 aliphatic rings. The van der Waals surface area contributed by atoms with Crippen LogP contribution in [0.5, 0.6) is 5.75 Å². The second-order valence-corrected chi connectivity index (χ2v) is 5.49. The van der Waals surface area contributed by atoms with E-state index in [0.717, 1.165) is 18.8 Å². The highest BCUT2D eigenvalue weighted by Gasteiger charge is 2.05. The topological polar surface area (TPSA) is 38.5 Å². The fourth-order valence-electron chi connectivity index (χ4n) is 2.49. The lowest BCUT2D eigenvalue weighted by Crippen LogP contribution is -2.18. The molecular formula is C18H24N2O. The zero-order valence-electron chi connectivity index (χ0n) is 13.1. The van der Waals surface area contributed by atoms with E-state index in [2.05, 4.69) is 49.2 Å². The minimum atomic E-state index is 0.598. The number of aryl methyl sites for hydroxylation is 1. The lowest BCUT2D eigenvalue weighted by Gasteiger charge is -2.19. The summed E-state index contributed by atoms with van der Waals surface area (Å²) in [7, 11) is 3.83. The Kier molecular flexibility index (Phi) is 5.37. The van der Waals surface area contributed by atoms with Crippen molar-refractivity contribution >= 4 is 0 Å². The predicted molar refractivity (Wildman–Crippen MR) is 87.2 cm³/mol. The van der Waals surface area contributed by atoms with Crippen molar-refractivity contribution in [3.05, 3.63) is 64.7 Å². The van der Waals surface area contributed by atoms with Crippen LogP contribution in [-0.4, -0.2) is 19.1 Å². The third-order valence-corrected chi connectivity index (χ3v) is 3.67. The van der Waals surface area contributed by atoms with Crippen LogP contribution in [0.2, 0.25) is 0 Å².